The van der Waals surface area contributed by atoms with E-state index in [0.29, 0.717) is 10.6 Å². The van der Waals surface area contributed by atoms with Crippen LogP contribution in [0.1, 0.15) is 12.5 Å². The first-order chi connectivity index (χ1) is 11.3. The van der Waals surface area contributed by atoms with Gasteiger partial charge in [-0.2, -0.15) is 10.0 Å². The van der Waals surface area contributed by atoms with E-state index in [2.05, 4.69) is 16.3 Å². The van der Waals surface area contributed by atoms with Crippen molar-refractivity contribution in [3.8, 4) is 0 Å². The summed E-state index contributed by atoms with van der Waals surface area (Å²) >= 11 is -1.64. The second-order valence-corrected chi connectivity index (χ2v) is 5.88. The van der Waals surface area contributed by atoms with Gasteiger partial charge in [0.05, 0.1) is 6.61 Å². The van der Waals surface area contributed by atoms with Crippen LogP contribution in [0.3, 0.4) is 0 Å². The van der Waals surface area contributed by atoms with Gasteiger partial charge in [0.2, 0.25) is 5.03 Å². The number of nitrogens with two attached hydrogens (primary N) is 2. The van der Waals surface area contributed by atoms with Gasteiger partial charge in [0.15, 0.2) is 11.7 Å². The zero-order valence-corrected chi connectivity index (χ0v) is 13.8. The van der Waals surface area contributed by atoms with Crippen LogP contribution < -0.4 is 11.6 Å². The first-order valence-corrected chi connectivity index (χ1v) is 8.04. The third-order valence-corrected chi connectivity index (χ3v) is 3.88. The Morgan fingerprint density at radius 2 is 2.08 bits per heavy atom. The van der Waals surface area contributed by atoms with Crippen LogP contribution in [0.15, 0.2) is 40.9 Å². The third kappa shape index (κ3) is 5.65. The zero-order valence-electron chi connectivity index (χ0n) is 13.0. The van der Waals surface area contributed by atoms with Crippen LogP contribution in [0.2, 0.25) is 0 Å². The zero-order chi connectivity index (χ0) is 18.3. The molecule has 1 unspecified atom stereocenters. The quantitative estimate of drug-likeness (QED) is 0.182. The van der Waals surface area contributed by atoms with Crippen molar-refractivity contribution in [1.82, 2.24) is 5.01 Å². The van der Waals surface area contributed by atoms with Crippen molar-refractivity contribution in [3.05, 3.63) is 47.3 Å². The van der Waals surface area contributed by atoms with E-state index in [4.69, 9.17) is 17.0 Å². The Hall–Kier alpha value is -2.43. The summed E-state index contributed by atoms with van der Waals surface area (Å²) in [5, 5.41) is 7.91. The number of hydrogen-bond acceptors (Lipinski definition) is 6. The minimum absolute atomic E-state index is 0.0490. The number of carbonyl (C=O) groups excluding carboxylic acids is 1. The van der Waals surface area contributed by atoms with E-state index in [-0.39, 0.29) is 17.4 Å². The Morgan fingerprint density at radius 3 is 2.62 bits per heavy atom. The lowest BCUT2D eigenvalue weighted by atomic mass is 10.2. The third-order valence-electron chi connectivity index (χ3n) is 2.67. The van der Waals surface area contributed by atoms with Gasteiger partial charge in [-0.05, 0) is 25.6 Å². The SMILES string of the molecule is C=C(/N=C(/N)C(=N)N(N)C(=O)OCC)[S+]([O-])Cc1ccc(F)cc1. The predicted octanol–water partition coefficient (Wildman–Crippen LogP) is 1.21. The lowest BCUT2D eigenvalue weighted by Gasteiger charge is -2.16. The molecule has 10 heteroatoms. The van der Waals surface area contributed by atoms with Crippen molar-refractivity contribution < 1.29 is 18.5 Å². The van der Waals surface area contributed by atoms with Gasteiger partial charge in [-0.1, -0.05) is 12.1 Å². The molecule has 0 saturated carbocycles. The standard InChI is InChI=1S/C14H18FN5O3S/c1-3-23-14(21)20(18)13(17)12(16)19-9(2)24(22)8-10-4-6-11(15)7-5-10/h4-7,17H,2-3,8,18H2,1H3,(H2,16,19). The molecule has 0 aromatic heterocycles. The number of nitrogens with one attached hydrogen (secondary N) is 1. The van der Waals surface area contributed by atoms with Crippen LogP contribution in [0.5, 0.6) is 0 Å². The molecule has 0 heterocycles. The highest BCUT2D eigenvalue weighted by Gasteiger charge is 2.21. The van der Waals surface area contributed by atoms with Crippen molar-refractivity contribution in [1.29, 1.82) is 5.41 Å². The summed E-state index contributed by atoms with van der Waals surface area (Å²) < 4.78 is 29.6. The Bertz CT molecular complexity index is 650. The fourth-order valence-corrected chi connectivity index (χ4v) is 2.32. The predicted molar refractivity (Wildman–Crippen MR) is 89.8 cm³/mol. The van der Waals surface area contributed by atoms with Gasteiger partial charge < -0.3 is 15.0 Å². The fourth-order valence-electron chi connectivity index (χ4n) is 1.46. The van der Waals surface area contributed by atoms with Crippen molar-refractivity contribution in [2.45, 2.75) is 12.7 Å². The number of benzene rings is 1. The molecule has 1 aromatic rings. The minimum atomic E-state index is -1.64. The van der Waals surface area contributed by atoms with Crippen molar-refractivity contribution >= 4 is 28.9 Å². The van der Waals surface area contributed by atoms with Gasteiger partial charge in [0.25, 0.3) is 0 Å². The topological polar surface area (TPSA) is 141 Å². The molecule has 5 N–H and O–H groups in total. The highest BCUT2D eigenvalue weighted by molar-refractivity contribution is 7.94. The fraction of sp³-hybridized carbons (Fsp3) is 0.214. The van der Waals surface area contributed by atoms with Crippen LogP contribution in [-0.2, 0) is 21.7 Å². The molecule has 24 heavy (non-hydrogen) atoms. The molecule has 0 aliphatic rings. The summed E-state index contributed by atoms with van der Waals surface area (Å²) in [5.74, 6) is 3.96. The molecule has 1 amide bonds. The number of aliphatic imine (C=N–C) groups is 1. The lowest BCUT2D eigenvalue weighted by molar-refractivity contribution is 0.128. The smallest absolute Gasteiger partial charge is 0.430 e. The van der Waals surface area contributed by atoms with Crippen molar-refractivity contribution in [3.63, 3.8) is 0 Å². The van der Waals surface area contributed by atoms with Gasteiger partial charge in [-0.3, -0.25) is 5.41 Å². The molecular weight excluding hydrogens is 337 g/mol. The van der Waals surface area contributed by atoms with Gasteiger partial charge in [0, 0.05) is 16.7 Å². The summed E-state index contributed by atoms with van der Waals surface area (Å²) in [6.07, 6.45) is -0.973. The summed E-state index contributed by atoms with van der Waals surface area (Å²) in [6, 6.07) is 5.46. The van der Waals surface area contributed by atoms with E-state index in [1.807, 2.05) is 0 Å². The maximum absolute atomic E-state index is 12.8. The van der Waals surface area contributed by atoms with Crippen molar-refractivity contribution in [2.24, 2.45) is 16.6 Å². The second-order valence-electron chi connectivity index (χ2n) is 4.42. The summed E-state index contributed by atoms with van der Waals surface area (Å²) in [6.45, 7) is 5.17. The van der Waals surface area contributed by atoms with Crippen LogP contribution in [0.4, 0.5) is 9.18 Å². The Balaban J connectivity index is 2.72. The van der Waals surface area contributed by atoms with Gasteiger partial charge >= 0.3 is 6.09 Å². The Morgan fingerprint density at radius 1 is 1.50 bits per heavy atom. The van der Waals surface area contributed by atoms with E-state index in [0.717, 1.165) is 0 Å². The van der Waals surface area contributed by atoms with Crippen molar-refractivity contribution in [2.75, 3.05) is 6.61 Å². The van der Waals surface area contributed by atoms with E-state index in [9.17, 15) is 13.7 Å². The van der Waals surface area contributed by atoms with Crippen LogP contribution >= 0.6 is 0 Å². The average molecular weight is 355 g/mol. The molecule has 0 radical (unpaired) electrons. The summed E-state index contributed by atoms with van der Waals surface area (Å²) in [7, 11) is 0. The van der Waals surface area contributed by atoms with Crippen LogP contribution in [-0.4, -0.2) is 33.9 Å². The number of nitrogens with zero attached hydrogens (tertiary/aromatic N) is 2. The summed E-state index contributed by atoms with van der Waals surface area (Å²) in [5.41, 5.74) is 6.17. The molecule has 1 atom stereocenters. The number of amidine groups is 2. The molecule has 0 fully saturated rings. The highest BCUT2D eigenvalue weighted by Crippen LogP contribution is 2.14. The average Bonchev–Trinajstić information content (AvgIpc) is 2.55. The van der Waals surface area contributed by atoms with Crippen LogP contribution in [0.25, 0.3) is 0 Å². The van der Waals surface area contributed by atoms with E-state index in [1.54, 1.807) is 6.92 Å². The minimum Gasteiger partial charge on any atom is -0.610 e. The number of carbonyl (C=O) groups is 1. The second kappa shape index (κ2) is 9.01. The molecule has 0 saturated heterocycles. The first-order valence-electron chi connectivity index (χ1n) is 6.72. The number of ether oxygens (including phenoxy) is 1. The number of hydrogen-bond donors (Lipinski definition) is 3. The Labute approximate surface area is 141 Å². The summed E-state index contributed by atoms with van der Waals surface area (Å²) in [4.78, 5) is 15.1. The molecule has 0 bridgehead atoms. The normalized spacial score (nSPS) is 12.4. The number of halogens is 1. The van der Waals surface area contributed by atoms with Gasteiger partial charge in [0.1, 0.15) is 11.6 Å². The lowest BCUT2D eigenvalue weighted by Crippen LogP contribution is -2.48. The molecule has 1 rings (SSSR count). The van der Waals surface area contributed by atoms with Crippen LogP contribution in [0, 0.1) is 11.2 Å². The van der Waals surface area contributed by atoms with E-state index < -0.39 is 34.8 Å². The molecule has 8 nitrogen and oxygen atoms in total. The largest absolute Gasteiger partial charge is 0.610 e. The first kappa shape index (κ1) is 19.6. The van der Waals surface area contributed by atoms with Gasteiger partial charge in [-0.15, -0.1) is 0 Å². The molecule has 0 aliphatic heterocycles. The molecule has 130 valence electrons. The molecule has 0 spiro atoms. The number of hydrazine groups is 1. The highest BCUT2D eigenvalue weighted by atomic mass is 32.2. The number of amides is 1. The van der Waals surface area contributed by atoms with E-state index in [1.165, 1.54) is 24.3 Å². The monoisotopic (exact) mass is 355 g/mol. The maximum atomic E-state index is 12.8. The Kier molecular flexibility index (Phi) is 7.36. The maximum Gasteiger partial charge on any atom is 0.430 e. The molecule has 0 aliphatic carbocycles. The van der Waals surface area contributed by atoms with E-state index >= 15 is 0 Å². The molecule has 1 aromatic carbocycles. The van der Waals surface area contributed by atoms with Gasteiger partial charge in [-0.25, -0.2) is 15.0 Å². The number of rotatable bonds is 5. The molecular formula is C14H18FN5O3S.